The fourth-order valence-electron chi connectivity index (χ4n) is 3.06. The van der Waals surface area contributed by atoms with E-state index in [9.17, 15) is 14.0 Å². The van der Waals surface area contributed by atoms with Crippen LogP contribution in [0.5, 0.6) is 5.75 Å². The smallest absolute Gasteiger partial charge is 0.335 e. The predicted molar refractivity (Wildman–Crippen MR) is 103 cm³/mol. The number of aromatic carboxylic acids is 1. The molecule has 0 spiro atoms. The largest absolute Gasteiger partial charge is 0.496 e. The third-order valence-electron chi connectivity index (χ3n) is 4.45. The maximum absolute atomic E-state index is 14.4. The van der Waals surface area contributed by atoms with Gasteiger partial charge in [0.15, 0.2) is 0 Å². The Labute approximate surface area is 164 Å². The van der Waals surface area contributed by atoms with Gasteiger partial charge in [0.1, 0.15) is 28.3 Å². The second-order valence-electron chi connectivity index (χ2n) is 6.14. The number of pyridine rings is 1. The number of halogens is 1. The number of nitrogens with zero attached hydrogens (tertiary/aromatic N) is 3. The highest BCUT2D eigenvalue weighted by Crippen LogP contribution is 2.29. The van der Waals surface area contributed by atoms with Gasteiger partial charge in [-0.15, -0.1) is 0 Å². The Bertz CT molecular complexity index is 1250. The van der Waals surface area contributed by atoms with E-state index in [0.717, 1.165) is 4.68 Å². The Morgan fingerprint density at radius 3 is 2.52 bits per heavy atom. The second kappa shape index (κ2) is 7.16. The summed E-state index contributed by atoms with van der Waals surface area (Å²) in [6.45, 7) is 0. The van der Waals surface area contributed by atoms with E-state index in [2.05, 4.69) is 10.1 Å². The van der Waals surface area contributed by atoms with Gasteiger partial charge in [0.2, 0.25) is 0 Å². The van der Waals surface area contributed by atoms with Crippen molar-refractivity contribution in [3.05, 3.63) is 77.7 Å². The molecule has 0 bridgehead atoms. The molecular weight excluding hydrogens is 377 g/mol. The monoisotopic (exact) mass is 391 g/mol. The van der Waals surface area contributed by atoms with E-state index >= 15 is 0 Å². The molecule has 144 valence electrons. The molecule has 0 aliphatic carbocycles. The van der Waals surface area contributed by atoms with Gasteiger partial charge in [-0.1, -0.05) is 18.2 Å². The van der Waals surface area contributed by atoms with Crippen molar-refractivity contribution >= 4 is 22.9 Å². The number of benzene rings is 2. The average molecular weight is 391 g/mol. The van der Waals surface area contributed by atoms with Gasteiger partial charge in [-0.25, -0.2) is 9.18 Å². The normalized spacial score (nSPS) is 10.8. The summed E-state index contributed by atoms with van der Waals surface area (Å²) >= 11 is 0. The zero-order valence-corrected chi connectivity index (χ0v) is 15.2. The van der Waals surface area contributed by atoms with Crippen molar-refractivity contribution in [3.8, 4) is 17.0 Å². The first-order valence-corrected chi connectivity index (χ1v) is 8.56. The Kier molecular flexibility index (Phi) is 4.52. The number of aromatic nitrogens is 3. The van der Waals surface area contributed by atoms with E-state index in [-0.39, 0.29) is 16.9 Å². The zero-order valence-electron chi connectivity index (χ0n) is 15.2. The van der Waals surface area contributed by atoms with Crippen molar-refractivity contribution in [1.82, 2.24) is 14.8 Å². The molecule has 0 radical (unpaired) electrons. The van der Waals surface area contributed by atoms with Crippen LogP contribution in [-0.2, 0) is 0 Å². The number of carbonyl (C=O) groups excluding carboxylic acids is 1. The van der Waals surface area contributed by atoms with E-state index in [4.69, 9.17) is 9.84 Å². The van der Waals surface area contributed by atoms with Crippen LogP contribution in [0.3, 0.4) is 0 Å². The van der Waals surface area contributed by atoms with Gasteiger partial charge < -0.3 is 9.84 Å². The molecule has 2 aromatic heterocycles. The highest BCUT2D eigenvalue weighted by molar-refractivity contribution is 6.05. The third kappa shape index (κ3) is 3.10. The van der Waals surface area contributed by atoms with Crippen LogP contribution in [0.2, 0.25) is 0 Å². The second-order valence-corrected chi connectivity index (χ2v) is 6.14. The molecule has 0 saturated carbocycles. The number of fused-ring (bicyclic) bond motifs is 1. The van der Waals surface area contributed by atoms with Crippen LogP contribution < -0.4 is 4.74 Å². The number of methoxy groups -OCH3 is 1. The summed E-state index contributed by atoms with van der Waals surface area (Å²) in [6, 6.07) is 13.4. The molecule has 29 heavy (non-hydrogen) atoms. The Morgan fingerprint density at radius 2 is 1.83 bits per heavy atom. The minimum atomic E-state index is -1.05. The van der Waals surface area contributed by atoms with Crippen molar-refractivity contribution in [2.45, 2.75) is 0 Å². The molecule has 4 rings (SSSR count). The van der Waals surface area contributed by atoms with Crippen LogP contribution in [0, 0.1) is 5.82 Å². The van der Waals surface area contributed by atoms with Crippen molar-refractivity contribution in [1.29, 1.82) is 0 Å². The summed E-state index contributed by atoms with van der Waals surface area (Å²) in [5.41, 5.74) is 1.65. The highest BCUT2D eigenvalue weighted by Gasteiger charge is 2.24. The molecule has 2 aromatic carbocycles. The van der Waals surface area contributed by atoms with Crippen molar-refractivity contribution in [3.63, 3.8) is 0 Å². The standard InChI is InChI=1S/C21H14FN3O4/c1-29-16-6-2-4-14(22)17(16)20(26)25-15-5-3-11-23-19(15)18(24-25)12-7-9-13(10-8-12)21(27)28/h2-11H,1H3,(H,27,28). The minimum Gasteiger partial charge on any atom is -0.496 e. The first-order chi connectivity index (χ1) is 14.0. The molecule has 0 aliphatic heterocycles. The highest BCUT2D eigenvalue weighted by atomic mass is 19.1. The summed E-state index contributed by atoms with van der Waals surface area (Å²) in [7, 11) is 1.35. The maximum Gasteiger partial charge on any atom is 0.335 e. The SMILES string of the molecule is COc1cccc(F)c1C(=O)n1nc(-c2ccc(C(=O)O)cc2)c2ncccc21. The summed E-state index contributed by atoms with van der Waals surface area (Å²) in [4.78, 5) is 28.5. The molecule has 4 aromatic rings. The Hall–Kier alpha value is -4.07. The molecule has 0 amide bonds. The lowest BCUT2D eigenvalue weighted by Gasteiger charge is -2.08. The molecule has 8 heteroatoms. The van der Waals surface area contributed by atoms with Gasteiger partial charge in [0.25, 0.3) is 5.91 Å². The zero-order chi connectivity index (χ0) is 20.5. The van der Waals surface area contributed by atoms with Crippen molar-refractivity contribution in [2.24, 2.45) is 0 Å². The lowest BCUT2D eigenvalue weighted by Crippen LogP contribution is -2.16. The van der Waals surface area contributed by atoms with Crippen LogP contribution in [0.4, 0.5) is 4.39 Å². The van der Waals surface area contributed by atoms with Crippen LogP contribution in [-0.4, -0.2) is 38.9 Å². The third-order valence-corrected chi connectivity index (χ3v) is 4.45. The maximum atomic E-state index is 14.4. The van der Waals surface area contributed by atoms with Crippen LogP contribution in [0.1, 0.15) is 20.7 Å². The summed E-state index contributed by atoms with van der Waals surface area (Å²) in [5.74, 6) is -2.39. The molecule has 0 saturated heterocycles. The topological polar surface area (TPSA) is 94.3 Å². The molecule has 0 aliphatic rings. The van der Waals surface area contributed by atoms with Gasteiger partial charge >= 0.3 is 5.97 Å². The van der Waals surface area contributed by atoms with Crippen LogP contribution in [0.25, 0.3) is 22.3 Å². The molecular formula is C21H14FN3O4. The lowest BCUT2D eigenvalue weighted by molar-refractivity contribution is 0.0696. The van der Waals surface area contributed by atoms with E-state index in [1.807, 2.05) is 0 Å². The summed E-state index contributed by atoms with van der Waals surface area (Å²) in [5, 5.41) is 13.4. The quantitative estimate of drug-likeness (QED) is 0.571. The van der Waals surface area contributed by atoms with E-state index < -0.39 is 17.7 Å². The Balaban J connectivity index is 1.90. The fourth-order valence-corrected chi connectivity index (χ4v) is 3.06. The number of ether oxygens (including phenoxy) is 1. The van der Waals surface area contributed by atoms with Gasteiger partial charge in [-0.2, -0.15) is 9.78 Å². The van der Waals surface area contributed by atoms with Gasteiger partial charge in [0.05, 0.1) is 18.2 Å². The molecule has 1 N–H and O–H groups in total. The number of hydrogen-bond acceptors (Lipinski definition) is 5. The molecule has 0 fully saturated rings. The predicted octanol–water partition coefficient (Wildman–Crippen LogP) is 3.63. The van der Waals surface area contributed by atoms with Crippen molar-refractivity contribution in [2.75, 3.05) is 7.11 Å². The summed E-state index contributed by atoms with van der Waals surface area (Å²) in [6.07, 6.45) is 1.55. The molecule has 0 unspecified atom stereocenters. The van der Waals surface area contributed by atoms with Gasteiger partial charge in [-0.3, -0.25) is 9.78 Å². The van der Waals surface area contributed by atoms with E-state index in [0.29, 0.717) is 22.3 Å². The van der Waals surface area contributed by atoms with Crippen molar-refractivity contribution < 1.29 is 23.8 Å². The van der Waals surface area contributed by atoms with E-state index in [1.54, 1.807) is 30.5 Å². The fraction of sp³-hybridized carbons (Fsp3) is 0.0476. The Morgan fingerprint density at radius 1 is 1.07 bits per heavy atom. The first-order valence-electron chi connectivity index (χ1n) is 8.56. The number of carboxylic acids is 1. The van der Waals surface area contributed by atoms with Gasteiger partial charge in [0, 0.05) is 11.8 Å². The molecule has 0 atom stereocenters. The number of hydrogen-bond donors (Lipinski definition) is 1. The molecule has 2 heterocycles. The summed E-state index contributed by atoms with van der Waals surface area (Å²) < 4.78 is 20.6. The average Bonchev–Trinajstić information content (AvgIpc) is 3.13. The lowest BCUT2D eigenvalue weighted by atomic mass is 10.1. The molecule has 7 nitrogen and oxygen atoms in total. The number of rotatable bonds is 4. The first kappa shape index (κ1) is 18.3. The van der Waals surface area contributed by atoms with Crippen LogP contribution >= 0.6 is 0 Å². The minimum absolute atomic E-state index is 0.0925. The number of carboxylic acid groups (broad SMARTS) is 1. The van der Waals surface area contributed by atoms with E-state index in [1.165, 1.54) is 37.4 Å². The van der Waals surface area contributed by atoms with Gasteiger partial charge in [-0.05, 0) is 36.4 Å². The van der Waals surface area contributed by atoms with Crippen LogP contribution in [0.15, 0.2) is 60.8 Å². The number of carbonyl (C=O) groups is 2.